The van der Waals surface area contributed by atoms with Gasteiger partial charge in [0.1, 0.15) is 12.1 Å². The van der Waals surface area contributed by atoms with E-state index in [2.05, 4.69) is 47.0 Å². The Morgan fingerprint density at radius 1 is 1.35 bits per heavy atom. The lowest BCUT2D eigenvalue weighted by Gasteiger charge is -2.40. The number of hydrogen-bond donors (Lipinski definition) is 1. The lowest BCUT2D eigenvalue weighted by atomic mass is 9.90. The van der Waals surface area contributed by atoms with Crippen molar-refractivity contribution in [3.05, 3.63) is 18.1 Å². The van der Waals surface area contributed by atoms with Crippen LogP contribution in [0.5, 0.6) is 0 Å². The molecule has 0 aliphatic carbocycles. The van der Waals surface area contributed by atoms with Gasteiger partial charge in [0.15, 0.2) is 0 Å². The number of anilines is 1. The van der Waals surface area contributed by atoms with Crippen LogP contribution in [0.2, 0.25) is 0 Å². The van der Waals surface area contributed by atoms with Crippen LogP contribution < -0.4 is 10.2 Å². The molecule has 94 valence electrons. The van der Waals surface area contributed by atoms with Crippen LogP contribution in [-0.2, 0) is 6.42 Å². The van der Waals surface area contributed by atoms with E-state index in [0.717, 1.165) is 31.0 Å². The smallest absolute Gasteiger partial charge is 0.132 e. The van der Waals surface area contributed by atoms with E-state index < -0.39 is 0 Å². The third kappa shape index (κ3) is 3.16. The third-order valence-electron chi connectivity index (χ3n) is 3.03. The van der Waals surface area contributed by atoms with Crippen molar-refractivity contribution in [2.24, 2.45) is 5.41 Å². The van der Waals surface area contributed by atoms with E-state index in [4.69, 9.17) is 0 Å². The Bertz CT molecular complexity index is 377. The summed E-state index contributed by atoms with van der Waals surface area (Å²) < 4.78 is 0. The van der Waals surface area contributed by atoms with E-state index in [1.54, 1.807) is 6.33 Å². The van der Waals surface area contributed by atoms with Gasteiger partial charge in [-0.2, -0.15) is 0 Å². The number of hydrogen-bond acceptors (Lipinski definition) is 4. The predicted octanol–water partition coefficient (Wildman–Crippen LogP) is 1.47. The second-order valence-corrected chi connectivity index (χ2v) is 6.00. The molecule has 0 amide bonds. The lowest BCUT2D eigenvalue weighted by molar-refractivity contribution is 0.405. The first-order chi connectivity index (χ1) is 7.98. The van der Waals surface area contributed by atoms with E-state index >= 15 is 0 Å². The molecule has 1 saturated heterocycles. The van der Waals surface area contributed by atoms with Crippen molar-refractivity contribution in [3.8, 4) is 0 Å². The molecule has 4 nitrogen and oxygen atoms in total. The van der Waals surface area contributed by atoms with Gasteiger partial charge < -0.3 is 10.2 Å². The third-order valence-corrected chi connectivity index (χ3v) is 3.03. The fourth-order valence-corrected chi connectivity index (χ4v) is 2.05. The average Bonchev–Trinajstić information content (AvgIpc) is 2.13. The zero-order chi connectivity index (χ0) is 12.5. The Balaban J connectivity index is 2.03. The molecule has 0 saturated carbocycles. The van der Waals surface area contributed by atoms with Gasteiger partial charge in [-0.3, -0.25) is 0 Å². The van der Waals surface area contributed by atoms with Crippen LogP contribution in [-0.4, -0.2) is 36.1 Å². The maximum atomic E-state index is 4.35. The van der Waals surface area contributed by atoms with E-state index in [1.807, 2.05) is 7.05 Å². The quantitative estimate of drug-likeness (QED) is 0.860. The molecule has 1 N–H and O–H groups in total. The first-order valence-corrected chi connectivity index (χ1v) is 6.21. The summed E-state index contributed by atoms with van der Waals surface area (Å²) in [6, 6.07) is 2.73. The molecule has 2 rings (SSSR count). The summed E-state index contributed by atoms with van der Waals surface area (Å²) in [5.74, 6) is 1.06. The molecule has 1 aliphatic heterocycles. The van der Waals surface area contributed by atoms with Gasteiger partial charge in [0.05, 0.1) is 0 Å². The first kappa shape index (κ1) is 12.3. The normalized spacial score (nSPS) is 17.1. The summed E-state index contributed by atoms with van der Waals surface area (Å²) in [5.41, 5.74) is 1.41. The van der Waals surface area contributed by atoms with Gasteiger partial charge in [-0.05, 0) is 18.9 Å². The van der Waals surface area contributed by atoms with Crippen molar-refractivity contribution in [1.29, 1.82) is 0 Å². The average molecular weight is 234 g/mol. The van der Waals surface area contributed by atoms with Gasteiger partial charge in [0.25, 0.3) is 0 Å². The molecule has 0 atom stereocenters. The summed E-state index contributed by atoms with van der Waals surface area (Å²) in [4.78, 5) is 11.0. The molecule has 0 bridgehead atoms. The zero-order valence-corrected chi connectivity index (χ0v) is 11.2. The maximum Gasteiger partial charge on any atom is 0.132 e. The minimum atomic E-state index is 0.272. The lowest BCUT2D eigenvalue weighted by Crippen LogP contribution is -2.57. The second kappa shape index (κ2) is 4.61. The summed E-state index contributed by atoms with van der Waals surface area (Å²) >= 11 is 0. The molecule has 0 unspecified atom stereocenters. The summed E-state index contributed by atoms with van der Waals surface area (Å²) in [6.07, 6.45) is 2.68. The molecule has 1 aliphatic rings. The topological polar surface area (TPSA) is 41.0 Å². The van der Waals surface area contributed by atoms with Crippen LogP contribution in [0.3, 0.4) is 0 Å². The molecule has 0 spiro atoms. The molecule has 17 heavy (non-hydrogen) atoms. The van der Waals surface area contributed by atoms with E-state index in [9.17, 15) is 0 Å². The van der Waals surface area contributed by atoms with Crippen molar-refractivity contribution in [1.82, 2.24) is 15.3 Å². The molecule has 1 aromatic heterocycles. The van der Waals surface area contributed by atoms with Crippen molar-refractivity contribution in [2.45, 2.75) is 33.2 Å². The Kier molecular flexibility index (Phi) is 3.33. The largest absolute Gasteiger partial charge is 0.353 e. The Morgan fingerprint density at radius 2 is 2.06 bits per heavy atom. The number of likely N-dealkylation sites (N-methyl/N-ethyl adjacent to an activating group) is 1. The van der Waals surface area contributed by atoms with Crippen LogP contribution >= 0.6 is 0 Å². The highest BCUT2D eigenvalue weighted by atomic mass is 15.3. The predicted molar refractivity (Wildman–Crippen MR) is 70.3 cm³/mol. The van der Waals surface area contributed by atoms with Crippen LogP contribution in [0.25, 0.3) is 0 Å². The molecule has 4 heteroatoms. The van der Waals surface area contributed by atoms with E-state index in [0.29, 0.717) is 6.04 Å². The Hall–Kier alpha value is -1.16. The summed E-state index contributed by atoms with van der Waals surface area (Å²) in [6.45, 7) is 8.78. The van der Waals surface area contributed by atoms with Crippen LogP contribution in [0, 0.1) is 5.41 Å². The molecular formula is C13H22N4. The molecule has 1 fully saturated rings. The van der Waals surface area contributed by atoms with Gasteiger partial charge in [0, 0.05) is 30.9 Å². The Morgan fingerprint density at radius 3 is 2.65 bits per heavy atom. The standard InChI is InChI=1S/C13H22N4/c1-13(2,3)6-10-5-12(16-9-15-10)17-7-11(8-17)14-4/h5,9,11,14H,6-8H2,1-4H3. The SMILES string of the molecule is CNC1CN(c2cc(CC(C)(C)C)ncn2)C1. The van der Waals surface area contributed by atoms with Gasteiger partial charge in [-0.25, -0.2) is 9.97 Å². The number of rotatable bonds is 3. The summed E-state index contributed by atoms with van der Waals surface area (Å²) in [7, 11) is 2.01. The molecule has 0 aromatic carbocycles. The van der Waals surface area contributed by atoms with Gasteiger partial charge >= 0.3 is 0 Å². The fourth-order valence-electron chi connectivity index (χ4n) is 2.05. The van der Waals surface area contributed by atoms with Gasteiger partial charge in [-0.1, -0.05) is 20.8 Å². The molecular weight excluding hydrogens is 212 g/mol. The van der Waals surface area contributed by atoms with Crippen molar-refractivity contribution in [2.75, 3.05) is 25.0 Å². The fraction of sp³-hybridized carbons (Fsp3) is 0.692. The van der Waals surface area contributed by atoms with Crippen LogP contribution in [0.4, 0.5) is 5.82 Å². The van der Waals surface area contributed by atoms with Gasteiger partial charge in [0.2, 0.25) is 0 Å². The highest BCUT2D eigenvalue weighted by molar-refractivity contribution is 5.43. The zero-order valence-electron chi connectivity index (χ0n) is 11.2. The molecule has 1 aromatic rings. The van der Waals surface area contributed by atoms with E-state index in [-0.39, 0.29) is 5.41 Å². The van der Waals surface area contributed by atoms with Gasteiger partial charge in [-0.15, -0.1) is 0 Å². The molecule has 0 radical (unpaired) electrons. The van der Waals surface area contributed by atoms with Crippen molar-refractivity contribution >= 4 is 5.82 Å². The highest BCUT2D eigenvalue weighted by Crippen LogP contribution is 2.23. The molecule has 2 heterocycles. The van der Waals surface area contributed by atoms with Crippen LogP contribution in [0.15, 0.2) is 12.4 Å². The monoisotopic (exact) mass is 234 g/mol. The van der Waals surface area contributed by atoms with Crippen molar-refractivity contribution < 1.29 is 0 Å². The number of aromatic nitrogens is 2. The van der Waals surface area contributed by atoms with Crippen LogP contribution in [0.1, 0.15) is 26.5 Å². The first-order valence-electron chi connectivity index (χ1n) is 6.21. The maximum absolute atomic E-state index is 4.35. The summed E-state index contributed by atoms with van der Waals surface area (Å²) in [5, 5.41) is 3.27. The minimum Gasteiger partial charge on any atom is -0.353 e. The highest BCUT2D eigenvalue weighted by Gasteiger charge is 2.26. The van der Waals surface area contributed by atoms with E-state index in [1.165, 1.54) is 0 Å². The second-order valence-electron chi connectivity index (χ2n) is 6.00. The minimum absolute atomic E-state index is 0.272. The Labute approximate surface area is 103 Å². The number of nitrogens with zero attached hydrogens (tertiary/aromatic N) is 3. The number of nitrogens with one attached hydrogen (secondary N) is 1. The van der Waals surface area contributed by atoms with Crippen molar-refractivity contribution in [3.63, 3.8) is 0 Å².